The van der Waals surface area contributed by atoms with E-state index in [4.69, 9.17) is 9.72 Å². The first kappa shape index (κ1) is 21.1. The van der Waals surface area contributed by atoms with E-state index >= 15 is 0 Å². The van der Waals surface area contributed by atoms with Crippen LogP contribution in [0, 0.1) is 11.3 Å². The van der Waals surface area contributed by atoms with E-state index in [1.54, 1.807) is 31.4 Å². The molecule has 4 rings (SSSR count). The Hall–Kier alpha value is -3.14. The van der Waals surface area contributed by atoms with Crippen molar-refractivity contribution in [3.8, 4) is 11.8 Å². The molecule has 5 nitrogen and oxygen atoms in total. The molecule has 1 aliphatic heterocycles. The van der Waals surface area contributed by atoms with E-state index in [0.717, 1.165) is 37.3 Å². The Labute approximate surface area is 186 Å². The van der Waals surface area contributed by atoms with Gasteiger partial charge in [-0.3, -0.25) is 9.69 Å². The summed E-state index contributed by atoms with van der Waals surface area (Å²) >= 11 is 1.33. The molecule has 0 saturated carbocycles. The standard InChI is InChI=1S/C25H23N3O2S/c1-30-22-9-7-19(8-10-22)24(29)17-31-25-20(14-26)13-21-16-28(12-11-23(21)27-25)15-18-5-3-2-4-6-18/h2-10,13H,11-12,15-17H2,1H3. The number of carbonyl (C=O) groups is 1. The van der Waals surface area contributed by atoms with Crippen LogP contribution in [-0.2, 0) is 19.5 Å². The van der Waals surface area contributed by atoms with Crippen LogP contribution in [0.1, 0.15) is 32.7 Å². The van der Waals surface area contributed by atoms with Gasteiger partial charge in [0.05, 0.1) is 18.4 Å². The number of methoxy groups -OCH3 is 1. The second-order valence-electron chi connectivity index (χ2n) is 7.45. The smallest absolute Gasteiger partial charge is 0.173 e. The number of ether oxygens (including phenoxy) is 1. The Kier molecular flexibility index (Phi) is 6.66. The van der Waals surface area contributed by atoms with Gasteiger partial charge in [-0.05, 0) is 41.5 Å². The van der Waals surface area contributed by atoms with Gasteiger partial charge in [0, 0.05) is 37.3 Å². The number of thioether (sulfide) groups is 1. The van der Waals surface area contributed by atoms with E-state index in [9.17, 15) is 10.1 Å². The van der Waals surface area contributed by atoms with E-state index in [1.165, 1.54) is 17.3 Å². The maximum absolute atomic E-state index is 12.5. The van der Waals surface area contributed by atoms with Crippen molar-refractivity contribution in [3.63, 3.8) is 0 Å². The van der Waals surface area contributed by atoms with Gasteiger partial charge in [-0.25, -0.2) is 4.98 Å². The van der Waals surface area contributed by atoms with Crippen molar-refractivity contribution in [1.29, 1.82) is 5.26 Å². The van der Waals surface area contributed by atoms with Crippen molar-refractivity contribution in [2.75, 3.05) is 19.4 Å². The zero-order valence-electron chi connectivity index (χ0n) is 17.4. The van der Waals surface area contributed by atoms with Gasteiger partial charge in [-0.15, -0.1) is 0 Å². The van der Waals surface area contributed by atoms with E-state index in [1.807, 2.05) is 12.1 Å². The molecule has 31 heavy (non-hydrogen) atoms. The number of pyridine rings is 1. The molecule has 0 atom stereocenters. The molecule has 156 valence electrons. The Morgan fingerprint density at radius 3 is 2.68 bits per heavy atom. The number of carbonyl (C=O) groups excluding carboxylic acids is 1. The topological polar surface area (TPSA) is 66.2 Å². The van der Waals surface area contributed by atoms with Crippen LogP contribution in [0.3, 0.4) is 0 Å². The quantitative estimate of drug-likeness (QED) is 0.407. The van der Waals surface area contributed by atoms with E-state index in [0.29, 0.717) is 21.9 Å². The maximum Gasteiger partial charge on any atom is 0.173 e. The van der Waals surface area contributed by atoms with Crippen molar-refractivity contribution < 1.29 is 9.53 Å². The lowest BCUT2D eigenvalue weighted by molar-refractivity contribution is 0.102. The van der Waals surface area contributed by atoms with Crippen LogP contribution in [0.4, 0.5) is 0 Å². The van der Waals surface area contributed by atoms with E-state index in [2.05, 4.69) is 35.2 Å². The highest BCUT2D eigenvalue weighted by atomic mass is 32.2. The molecule has 0 bridgehead atoms. The highest BCUT2D eigenvalue weighted by molar-refractivity contribution is 8.00. The number of nitriles is 1. The molecule has 0 amide bonds. The Morgan fingerprint density at radius 1 is 1.19 bits per heavy atom. The van der Waals surface area contributed by atoms with E-state index < -0.39 is 0 Å². The highest BCUT2D eigenvalue weighted by Gasteiger charge is 2.21. The van der Waals surface area contributed by atoms with Crippen LogP contribution in [0.2, 0.25) is 0 Å². The fraction of sp³-hybridized carbons (Fsp3) is 0.240. The molecule has 0 saturated heterocycles. The molecular formula is C25H23N3O2S. The summed E-state index contributed by atoms with van der Waals surface area (Å²) in [5.74, 6) is 0.964. The molecule has 3 aromatic rings. The predicted molar refractivity (Wildman–Crippen MR) is 121 cm³/mol. The van der Waals surface area contributed by atoms with Crippen molar-refractivity contribution >= 4 is 17.5 Å². The fourth-order valence-electron chi connectivity index (χ4n) is 3.67. The third-order valence-corrected chi connectivity index (χ3v) is 6.33. The predicted octanol–water partition coefficient (Wildman–Crippen LogP) is 4.50. The van der Waals surface area contributed by atoms with Gasteiger partial charge in [0.15, 0.2) is 5.78 Å². The molecule has 0 unspecified atom stereocenters. The van der Waals surface area contributed by atoms with Crippen molar-refractivity contribution in [2.45, 2.75) is 24.5 Å². The number of hydrogen-bond acceptors (Lipinski definition) is 6. The number of aromatic nitrogens is 1. The first-order chi connectivity index (χ1) is 15.2. The molecule has 0 N–H and O–H groups in total. The van der Waals surface area contributed by atoms with Crippen LogP contribution >= 0.6 is 11.8 Å². The van der Waals surface area contributed by atoms with Gasteiger partial charge >= 0.3 is 0 Å². The summed E-state index contributed by atoms with van der Waals surface area (Å²) in [4.78, 5) is 19.7. The number of fused-ring (bicyclic) bond motifs is 1. The van der Waals surface area contributed by atoms with Crippen molar-refractivity contribution in [2.24, 2.45) is 0 Å². The van der Waals surface area contributed by atoms with Gasteiger partial charge in [-0.1, -0.05) is 42.1 Å². The number of benzene rings is 2. The Morgan fingerprint density at radius 2 is 1.97 bits per heavy atom. The van der Waals surface area contributed by atoms with Crippen LogP contribution in [0.15, 0.2) is 65.7 Å². The molecule has 0 fully saturated rings. The molecule has 0 radical (unpaired) electrons. The normalized spacial score (nSPS) is 13.3. The van der Waals surface area contributed by atoms with Gasteiger partial charge < -0.3 is 4.74 Å². The Bertz CT molecular complexity index is 1110. The average molecular weight is 430 g/mol. The first-order valence-corrected chi connectivity index (χ1v) is 11.1. The SMILES string of the molecule is COc1ccc(C(=O)CSc2nc3c(cc2C#N)CN(Cc2ccccc2)CC3)cc1. The average Bonchev–Trinajstić information content (AvgIpc) is 2.82. The lowest BCUT2D eigenvalue weighted by Gasteiger charge is -2.28. The molecule has 2 heterocycles. The van der Waals surface area contributed by atoms with Gasteiger partial charge in [0.2, 0.25) is 0 Å². The first-order valence-electron chi connectivity index (χ1n) is 10.2. The number of ketones is 1. The van der Waals surface area contributed by atoms with Crippen LogP contribution in [-0.4, -0.2) is 35.1 Å². The molecular weight excluding hydrogens is 406 g/mol. The largest absolute Gasteiger partial charge is 0.497 e. The highest BCUT2D eigenvalue weighted by Crippen LogP contribution is 2.27. The molecule has 1 aliphatic rings. The molecule has 1 aromatic heterocycles. The van der Waals surface area contributed by atoms with E-state index in [-0.39, 0.29) is 11.5 Å². The summed E-state index contributed by atoms with van der Waals surface area (Å²) in [5.41, 5.74) is 4.57. The lowest BCUT2D eigenvalue weighted by atomic mass is 10.0. The van der Waals surface area contributed by atoms with Crippen LogP contribution < -0.4 is 4.74 Å². The zero-order chi connectivity index (χ0) is 21.6. The fourth-order valence-corrected chi connectivity index (χ4v) is 4.54. The van der Waals surface area contributed by atoms with Gasteiger partial charge in [0.25, 0.3) is 0 Å². The minimum Gasteiger partial charge on any atom is -0.497 e. The van der Waals surface area contributed by atoms with Crippen molar-refractivity contribution in [3.05, 3.63) is 88.6 Å². The second-order valence-corrected chi connectivity index (χ2v) is 8.41. The monoisotopic (exact) mass is 429 g/mol. The third-order valence-electron chi connectivity index (χ3n) is 5.34. The number of rotatable bonds is 7. The molecule has 2 aromatic carbocycles. The van der Waals surface area contributed by atoms with Gasteiger partial charge in [-0.2, -0.15) is 5.26 Å². The summed E-state index contributed by atoms with van der Waals surface area (Å²) in [7, 11) is 1.60. The Balaban J connectivity index is 1.44. The lowest BCUT2D eigenvalue weighted by Crippen LogP contribution is -2.30. The summed E-state index contributed by atoms with van der Waals surface area (Å²) < 4.78 is 5.14. The van der Waals surface area contributed by atoms with Crippen molar-refractivity contribution in [1.82, 2.24) is 9.88 Å². The number of Topliss-reactive ketones (excluding diaryl/α,β-unsaturated/α-hetero) is 1. The number of hydrogen-bond donors (Lipinski definition) is 0. The zero-order valence-corrected chi connectivity index (χ0v) is 18.2. The molecule has 6 heteroatoms. The second kappa shape index (κ2) is 9.78. The summed E-state index contributed by atoms with van der Waals surface area (Å²) in [6.45, 7) is 2.59. The maximum atomic E-state index is 12.5. The van der Waals surface area contributed by atoms with Crippen LogP contribution in [0.5, 0.6) is 5.75 Å². The molecule has 0 aliphatic carbocycles. The van der Waals surface area contributed by atoms with Gasteiger partial charge in [0.1, 0.15) is 16.8 Å². The van der Waals surface area contributed by atoms with Crippen LogP contribution in [0.25, 0.3) is 0 Å². The number of nitrogens with zero attached hydrogens (tertiary/aromatic N) is 3. The molecule has 0 spiro atoms. The minimum absolute atomic E-state index is 0.00472. The third kappa shape index (κ3) is 5.13. The minimum atomic E-state index is 0.00472. The summed E-state index contributed by atoms with van der Waals surface area (Å²) in [6.07, 6.45) is 0.841. The summed E-state index contributed by atoms with van der Waals surface area (Å²) in [5, 5.41) is 10.3. The summed E-state index contributed by atoms with van der Waals surface area (Å²) in [6, 6.07) is 21.7.